The molecule has 1 saturated heterocycles. The Labute approximate surface area is 350 Å². The maximum Gasteiger partial charge on any atom is 0.325 e. The summed E-state index contributed by atoms with van der Waals surface area (Å²) >= 11 is 0. The molecule has 0 spiro atoms. The molecule has 16 nitrogen and oxygen atoms in total. The molecule has 4 amide bonds. The van der Waals surface area contributed by atoms with Gasteiger partial charge in [0.2, 0.25) is 23.6 Å². The lowest BCUT2D eigenvalue weighted by molar-refractivity contribution is -0.138. The maximum atomic E-state index is 14.3. The first-order valence-electron chi connectivity index (χ1n) is 20.4. The van der Waals surface area contributed by atoms with Gasteiger partial charge in [0.25, 0.3) is 0 Å². The standard InChI is InChI=1S/C43H59N6O10P/c1-28(2)19-36(46-43(56)38-15-10-17-49(38)29(3)51)39(52)22-32(21-34-24-45-27-48(34)18-16-30-11-6-4-7-12-30)42(55)47-37(25-50)40(53)23-35(41(44)54)33(26-60(57,58)59)20-31-13-8-5-9-14-31/h4-9,11-14,24,27-28,32-33,35-38,50H,10,15-23,25-26H2,1-3H3,(H2,44,54)(H,46,56)(H,47,55)(H2,57,58,59)/t32-,33+,35?,36+,37+,38?/m1/s1. The number of aryl methyl sites for hydroxylation is 2. The summed E-state index contributed by atoms with van der Waals surface area (Å²) in [5, 5.41) is 15.8. The number of hydrogen-bond donors (Lipinski definition) is 6. The smallest absolute Gasteiger partial charge is 0.325 e. The van der Waals surface area contributed by atoms with Crippen molar-refractivity contribution in [2.75, 3.05) is 19.3 Å². The van der Waals surface area contributed by atoms with Crippen LogP contribution in [0.2, 0.25) is 0 Å². The summed E-state index contributed by atoms with van der Waals surface area (Å²) in [6.45, 7) is 5.22. The Morgan fingerprint density at radius 1 is 0.900 bits per heavy atom. The minimum absolute atomic E-state index is 0.00681. The predicted molar refractivity (Wildman–Crippen MR) is 223 cm³/mol. The molecule has 60 heavy (non-hydrogen) atoms. The summed E-state index contributed by atoms with van der Waals surface area (Å²) in [4.78, 5) is 106. The van der Waals surface area contributed by atoms with Crippen molar-refractivity contribution < 1.29 is 48.2 Å². The molecule has 326 valence electrons. The zero-order valence-corrected chi connectivity index (χ0v) is 35.4. The topological polar surface area (TPSA) is 251 Å². The van der Waals surface area contributed by atoms with Crippen molar-refractivity contribution >= 4 is 42.8 Å². The number of aromatic nitrogens is 2. The number of nitrogens with zero attached hydrogens (tertiary/aromatic N) is 3. The van der Waals surface area contributed by atoms with Gasteiger partial charge in [-0.3, -0.25) is 33.3 Å². The van der Waals surface area contributed by atoms with Gasteiger partial charge in [0.1, 0.15) is 12.1 Å². The third-order valence-electron chi connectivity index (χ3n) is 11.0. The van der Waals surface area contributed by atoms with E-state index in [1.807, 2.05) is 48.7 Å². The van der Waals surface area contributed by atoms with Crippen LogP contribution in [-0.2, 0) is 59.1 Å². The number of hydrogen-bond acceptors (Lipinski definition) is 9. The minimum Gasteiger partial charge on any atom is -0.394 e. The number of nitrogens with one attached hydrogen (secondary N) is 2. The Balaban J connectivity index is 1.59. The monoisotopic (exact) mass is 850 g/mol. The highest BCUT2D eigenvalue weighted by atomic mass is 31.2. The average Bonchev–Trinajstić information content (AvgIpc) is 3.87. The summed E-state index contributed by atoms with van der Waals surface area (Å²) in [6, 6.07) is 15.1. The molecule has 7 N–H and O–H groups in total. The van der Waals surface area contributed by atoms with E-state index >= 15 is 0 Å². The van der Waals surface area contributed by atoms with Gasteiger partial charge < -0.3 is 40.7 Å². The van der Waals surface area contributed by atoms with Crippen LogP contribution in [0.3, 0.4) is 0 Å². The van der Waals surface area contributed by atoms with Crippen LogP contribution < -0.4 is 16.4 Å². The molecule has 0 radical (unpaired) electrons. The van der Waals surface area contributed by atoms with Crippen molar-refractivity contribution in [2.45, 2.75) is 96.8 Å². The number of carbonyl (C=O) groups excluding carboxylic acids is 6. The van der Waals surface area contributed by atoms with Crippen LogP contribution >= 0.6 is 7.60 Å². The lowest BCUT2D eigenvalue weighted by atomic mass is 9.83. The van der Waals surface area contributed by atoms with Crippen LogP contribution in [0.15, 0.2) is 73.2 Å². The highest BCUT2D eigenvalue weighted by Gasteiger charge is 2.38. The third kappa shape index (κ3) is 14.6. The number of rotatable bonds is 24. The van der Waals surface area contributed by atoms with Gasteiger partial charge in [0.05, 0.1) is 31.1 Å². The van der Waals surface area contributed by atoms with Crippen LogP contribution in [0, 0.1) is 23.7 Å². The molecule has 3 aromatic rings. The molecule has 1 fully saturated rings. The number of imidazole rings is 1. The SMILES string of the molecule is CC(=O)N1CCCC1C(=O)N[C@@H](CC(C)C)C(=O)C[C@@H](Cc1cncn1CCc1ccccc1)C(=O)N[C@@H](CO)C(=O)CC(C(N)=O)[C@@H](Cc1ccccc1)CP(=O)(O)O. The normalized spacial score (nSPS) is 16.7. The molecule has 6 atom stereocenters. The second-order valence-electron chi connectivity index (χ2n) is 16.2. The number of primary amides is 1. The minimum atomic E-state index is -4.69. The van der Waals surface area contributed by atoms with E-state index in [1.54, 1.807) is 42.9 Å². The lowest BCUT2D eigenvalue weighted by Crippen LogP contribution is -2.52. The lowest BCUT2D eigenvalue weighted by Gasteiger charge is -2.28. The molecule has 0 saturated carbocycles. The van der Waals surface area contributed by atoms with Crippen molar-refractivity contribution in [3.8, 4) is 0 Å². The van der Waals surface area contributed by atoms with Gasteiger partial charge >= 0.3 is 7.60 Å². The fourth-order valence-electron chi connectivity index (χ4n) is 7.87. The molecule has 1 aromatic heterocycles. The van der Waals surface area contributed by atoms with Gasteiger partial charge in [-0.15, -0.1) is 0 Å². The Morgan fingerprint density at radius 2 is 1.53 bits per heavy atom. The highest BCUT2D eigenvalue weighted by molar-refractivity contribution is 7.51. The van der Waals surface area contributed by atoms with Gasteiger partial charge in [-0.1, -0.05) is 74.5 Å². The van der Waals surface area contributed by atoms with Crippen molar-refractivity contribution in [2.24, 2.45) is 29.4 Å². The fraction of sp³-hybridized carbons (Fsp3) is 0.512. The molecule has 4 rings (SSSR count). The third-order valence-corrected chi connectivity index (χ3v) is 11.9. The van der Waals surface area contributed by atoms with E-state index in [4.69, 9.17) is 5.73 Å². The van der Waals surface area contributed by atoms with E-state index in [9.17, 15) is 48.2 Å². The molecule has 2 aromatic carbocycles. The molecule has 0 aliphatic carbocycles. The predicted octanol–water partition coefficient (Wildman–Crippen LogP) is 2.36. The van der Waals surface area contributed by atoms with Crippen molar-refractivity contribution in [1.82, 2.24) is 25.1 Å². The number of aliphatic hydroxyl groups is 1. The zero-order chi connectivity index (χ0) is 44.0. The number of benzene rings is 2. The van der Waals surface area contributed by atoms with E-state index in [0.29, 0.717) is 43.6 Å². The van der Waals surface area contributed by atoms with E-state index in [2.05, 4.69) is 15.6 Å². The van der Waals surface area contributed by atoms with Crippen LogP contribution in [0.25, 0.3) is 0 Å². The average molecular weight is 851 g/mol. The maximum absolute atomic E-state index is 14.3. The first-order chi connectivity index (χ1) is 28.4. The number of nitrogens with two attached hydrogens (primary N) is 1. The molecule has 2 heterocycles. The first-order valence-corrected chi connectivity index (χ1v) is 22.2. The van der Waals surface area contributed by atoms with Crippen molar-refractivity contribution in [1.29, 1.82) is 0 Å². The van der Waals surface area contributed by atoms with Gasteiger partial charge in [-0.25, -0.2) is 4.98 Å². The number of ketones is 2. The van der Waals surface area contributed by atoms with E-state index in [0.717, 1.165) is 5.56 Å². The van der Waals surface area contributed by atoms with Crippen LogP contribution in [0.4, 0.5) is 0 Å². The number of aliphatic hydroxyl groups excluding tert-OH is 1. The molecule has 17 heteroatoms. The quantitative estimate of drug-likeness (QED) is 0.0714. The van der Waals surface area contributed by atoms with Crippen LogP contribution in [0.5, 0.6) is 0 Å². The zero-order valence-electron chi connectivity index (χ0n) is 34.5. The van der Waals surface area contributed by atoms with Crippen LogP contribution in [0.1, 0.15) is 69.7 Å². The highest BCUT2D eigenvalue weighted by Crippen LogP contribution is 2.41. The molecular weight excluding hydrogens is 791 g/mol. The van der Waals surface area contributed by atoms with Crippen molar-refractivity contribution in [3.05, 3.63) is 90.0 Å². The van der Waals surface area contributed by atoms with E-state index in [1.165, 1.54) is 11.8 Å². The largest absolute Gasteiger partial charge is 0.394 e. The molecule has 2 unspecified atom stereocenters. The van der Waals surface area contributed by atoms with E-state index in [-0.39, 0.29) is 37.5 Å². The number of carbonyl (C=O) groups is 6. The van der Waals surface area contributed by atoms with E-state index < -0.39 is 92.0 Å². The second kappa shape index (κ2) is 22.5. The Bertz CT molecular complexity index is 1970. The Morgan fingerprint density at radius 3 is 2.12 bits per heavy atom. The number of amides is 4. The van der Waals surface area contributed by atoms with Crippen molar-refractivity contribution in [3.63, 3.8) is 0 Å². The summed E-state index contributed by atoms with van der Waals surface area (Å²) in [6.07, 6.45) is 3.48. The number of likely N-dealkylation sites (tertiary alicyclic amines) is 1. The molecule has 1 aliphatic heterocycles. The number of Topliss-reactive ketones (excluding diaryl/α,β-unsaturated/α-hetero) is 2. The Kier molecular flexibility index (Phi) is 17.9. The summed E-state index contributed by atoms with van der Waals surface area (Å²) < 4.78 is 14.0. The van der Waals surface area contributed by atoms with Gasteiger partial charge in [0, 0.05) is 57.1 Å². The summed E-state index contributed by atoms with van der Waals surface area (Å²) in [5.74, 6) is -7.24. The summed E-state index contributed by atoms with van der Waals surface area (Å²) in [7, 11) is -4.69. The second-order valence-corrected chi connectivity index (χ2v) is 17.9. The fourth-order valence-corrected chi connectivity index (χ4v) is 8.86. The molecule has 0 bridgehead atoms. The first kappa shape index (κ1) is 47.7. The molecule has 1 aliphatic rings. The van der Waals surface area contributed by atoms with Gasteiger partial charge in [-0.05, 0) is 55.1 Å². The molecular formula is C43H59N6O10P. The Hall–Kier alpha value is -5.02. The van der Waals surface area contributed by atoms with Gasteiger partial charge in [0.15, 0.2) is 11.6 Å². The summed E-state index contributed by atoms with van der Waals surface area (Å²) in [5.41, 5.74) is 8.07. The van der Waals surface area contributed by atoms with Crippen LogP contribution in [-0.4, -0.2) is 102 Å². The van der Waals surface area contributed by atoms with Gasteiger partial charge in [-0.2, -0.15) is 0 Å².